The number of ether oxygens (including phenoxy) is 3. The highest BCUT2D eigenvalue weighted by atomic mass is 16.5. The molecule has 0 aliphatic carbocycles. The van der Waals surface area contributed by atoms with Gasteiger partial charge in [-0.05, 0) is 57.5 Å². The standard InChI is InChI=1S/C20H23NO6/c1-6-26-19(23)16-11(2)17(21-12(16)3)20(24)27-13(4)18(22)14-7-9-15(25-5)10-8-14/h7-10,13,21H,6H2,1-5H3/t13-/m1/s1. The van der Waals surface area contributed by atoms with Gasteiger partial charge in [0.05, 0.1) is 19.3 Å². The number of aromatic nitrogens is 1. The van der Waals surface area contributed by atoms with Crippen molar-refractivity contribution in [1.82, 2.24) is 4.98 Å². The Kier molecular flexibility index (Phi) is 6.39. The second-order valence-electron chi connectivity index (χ2n) is 5.99. The molecule has 0 amide bonds. The van der Waals surface area contributed by atoms with Crippen LogP contribution in [0.5, 0.6) is 5.75 Å². The quantitative estimate of drug-likeness (QED) is 0.591. The van der Waals surface area contributed by atoms with Crippen LogP contribution < -0.4 is 4.74 Å². The average molecular weight is 373 g/mol. The first kappa shape index (κ1) is 20.2. The number of nitrogens with one attached hydrogen (secondary N) is 1. The Bertz CT molecular complexity index is 850. The van der Waals surface area contributed by atoms with Gasteiger partial charge in [0.1, 0.15) is 11.4 Å². The molecule has 1 N–H and O–H groups in total. The van der Waals surface area contributed by atoms with E-state index in [2.05, 4.69) is 4.98 Å². The number of aromatic amines is 1. The van der Waals surface area contributed by atoms with Gasteiger partial charge < -0.3 is 19.2 Å². The van der Waals surface area contributed by atoms with Crippen LogP contribution >= 0.6 is 0 Å². The van der Waals surface area contributed by atoms with Crippen molar-refractivity contribution < 1.29 is 28.6 Å². The van der Waals surface area contributed by atoms with Crippen molar-refractivity contribution in [2.75, 3.05) is 13.7 Å². The summed E-state index contributed by atoms with van der Waals surface area (Å²) in [5.41, 5.74) is 1.78. The van der Waals surface area contributed by atoms with Crippen LogP contribution in [0.4, 0.5) is 0 Å². The maximum atomic E-state index is 12.5. The SMILES string of the molecule is CCOC(=O)c1c(C)[nH]c(C(=O)O[C@H](C)C(=O)c2ccc(OC)cc2)c1C. The van der Waals surface area contributed by atoms with Gasteiger partial charge in [-0.25, -0.2) is 9.59 Å². The van der Waals surface area contributed by atoms with E-state index in [4.69, 9.17) is 14.2 Å². The maximum absolute atomic E-state index is 12.5. The average Bonchev–Trinajstić information content (AvgIpc) is 2.95. The van der Waals surface area contributed by atoms with E-state index in [1.165, 1.54) is 14.0 Å². The fraction of sp³-hybridized carbons (Fsp3) is 0.350. The van der Waals surface area contributed by atoms with Gasteiger partial charge in [0.15, 0.2) is 6.10 Å². The summed E-state index contributed by atoms with van der Waals surface area (Å²) in [5, 5.41) is 0. The van der Waals surface area contributed by atoms with Crippen molar-refractivity contribution in [3.8, 4) is 5.75 Å². The fourth-order valence-electron chi connectivity index (χ4n) is 2.73. The summed E-state index contributed by atoms with van der Waals surface area (Å²) in [6.45, 7) is 6.74. The summed E-state index contributed by atoms with van der Waals surface area (Å²) in [7, 11) is 1.53. The van der Waals surface area contributed by atoms with Gasteiger partial charge in [-0.3, -0.25) is 4.79 Å². The molecule has 0 unspecified atom stereocenters. The van der Waals surface area contributed by atoms with Crippen molar-refractivity contribution >= 4 is 17.7 Å². The highest BCUT2D eigenvalue weighted by molar-refractivity contribution is 6.02. The number of rotatable bonds is 7. The van der Waals surface area contributed by atoms with Crippen LogP contribution in [0.3, 0.4) is 0 Å². The van der Waals surface area contributed by atoms with Crippen LogP contribution in [0.2, 0.25) is 0 Å². The molecule has 0 fully saturated rings. The first-order valence-corrected chi connectivity index (χ1v) is 8.55. The van der Waals surface area contributed by atoms with Gasteiger partial charge in [-0.2, -0.15) is 0 Å². The largest absolute Gasteiger partial charge is 0.497 e. The maximum Gasteiger partial charge on any atom is 0.355 e. The monoisotopic (exact) mass is 373 g/mol. The van der Waals surface area contributed by atoms with E-state index in [0.29, 0.717) is 28.1 Å². The summed E-state index contributed by atoms with van der Waals surface area (Å²) in [6, 6.07) is 6.53. The number of hydrogen-bond donors (Lipinski definition) is 1. The zero-order valence-corrected chi connectivity index (χ0v) is 16.0. The predicted octanol–water partition coefficient (Wildman–Crippen LogP) is 3.25. The summed E-state index contributed by atoms with van der Waals surface area (Å²) >= 11 is 0. The van der Waals surface area contributed by atoms with Gasteiger partial charge in [-0.15, -0.1) is 0 Å². The molecule has 7 nitrogen and oxygen atoms in total. The first-order valence-electron chi connectivity index (χ1n) is 8.55. The molecule has 0 radical (unpaired) electrons. The van der Waals surface area contributed by atoms with Gasteiger partial charge in [0.25, 0.3) is 0 Å². The van der Waals surface area contributed by atoms with Crippen LogP contribution in [-0.4, -0.2) is 42.5 Å². The van der Waals surface area contributed by atoms with Crippen molar-refractivity contribution in [3.05, 3.63) is 52.3 Å². The number of esters is 2. The third kappa shape index (κ3) is 4.36. The van der Waals surface area contributed by atoms with Crippen LogP contribution in [0.15, 0.2) is 24.3 Å². The Morgan fingerprint density at radius 2 is 1.70 bits per heavy atom. The predicted molar refractivity (Wildman–Crippen MR) is 98.4 cm³/mol. The number of Topliss-reactive ketones (excluding diaryl/α,β-unsaturated/α-hetero) is 1. The highest BCUT2D eigenvalue weighted by Gasteiger charge is 2.26. The topological polar surface area (TPSA) is 94.7 Å². The van der Waals surface area contributed by atoms with E-state index in [-0.39, 0.29) is 18.1 Å². The number of ketones is 1. The van der Waals surface area contributed by atoms with Gasteiger partial charge in [-0.1, -0.05) is 0 Å². The van der Waals surface area contributed by atoms with Crippen molar-refractivity contribution in [3.63, 3.8) is 0 Å². The third-order valence-electron chi connectivity index (χ3n) is 4.15. The van der Waals surface area contributed by atoms with E-state index in [1.807, 2.05) is 0 Å². The van der Waals surface area contributed by atoms with E-state index < -0.39 is 18.0 Å². The Balaban J connectivity index is 2.15. The highest BCUT2D eigenvalue weighted by Crippen LogP contribution is 2.21. The molecule has 1 aromatic heterocycles. The Morgan fingerprint density at radius 3 is 2.26 bits per heavy atom. The summed E-state index contributed by atoms with van der Waals surface area (Å²) in [6.07, 6.45) is -0.986. The molecule has 0 saturated heterocycles. The van der Waals surface area contributed by atoms with E-state index in [9.17, 15) is 14.4 Å². The lowest BCUT2D eigenvalue weighted by Gasteiger charge is -2.12. The molecule has 144 valence electrons. The normalized spacial score (nSPS) is 11.6. The fourth-order valence-corrected chi connectivity index (χ4v) is 2.73. The molecule has 1 atom stereocenters. The molecule has 1 heterocycles. The molecule has 0 aliphatic rings. The second kappa shape index (κ2) is 8.53. The van der Waals surface area contributed by atoms with E-state index in [0.717, 1.165) is 0 Å². The molecule has 0 aliphatic heterocycles. The molecule has 0 bridgehead atoms. The van der Waals surface area contributed by atoms with Gasteiger partial charge in [0.2, 0.25) is 5.78 Å². The van der Waals surface area contributed by atoms with Gasteiger partial charge in [0, 0.05) is 11.3 Å². The molecular weight excluding hydrogens is 350 g/mol. The smallest absolute Gasteiger partial charge is 0.355 e. The van der Waals surface area contributed by atoms with Crippen molar-refractivity contribution in [2.24, 2.45) is 0 Å². The van der Waals surface area contributed by atoms with Crippen LogP contribution in [0.1, 0.15) is 56.3 Å². The van der Waals surface area contributed by atoms with Crippen molar-refractivity contribution in [1.29, 1.82) is 0 Å². The zero-order valence-electron chi connectivity index (χ0n) is 16.0. The number of carbonyl (C=O) groups excluding carboxylic acids is 3. The number of methoxy groups -OCH3 is 1. The number of aryl methyl sites for hydroxylation is 1. The third-order valence-corrected chi connectivity index (χ3v) is 4.15. The molecule has 1 aromatic carbocycles. The molecular formula is C20H23NO6. The van der Waals surface area contributed by atoms with E-state index >= 15 is 0 Å². The number of carbonyl (C=O) groups is 3. The Morgan fingerprint density at radius 1 is 1.07 bits per heavy atom. The molecule has 0 spiro atoms. The molecule has 27 heavy (non-hydrogen) atoms. The Hall–Kier alpha value is -3.09. The number of hydrogen-bond acceptors (Lipinski definition) is 6. The number of H-pyrrole nitrogens is 1. The second-order valence-corrected chi connectivity index (χ2v) is 5.99. The lowest BCUT2D eigenvalue weighted by molar-refractivity contribution is 0.0313. The number of benzene rings is 1. The van der Waals surface area contributed by atoms with Crippen LogP contribution in [-0.2, 0) is 9.47 Å². The molecule has 0 saturated carbocycles. The lowest BCUT2D eigenvalue weighted by Crippen LogP contribution is -2.25. The summed E-state index contributed by atoms with van der Waals surface area (Å²) in [4.78, 5) is 39.8. The lowest BCUT2D eigenvalue weighted by atomic mass is 10.1. The van der Waals surface area contributed by atoms with Crippen molar-refractivity contribution in [2.45, 2.75) is 33.8 Å². The van der Waals surface area contributed by atoms with E-state index in [1.54, 1.807) is 45.0 Å². The molecule has 2 aromatic rings. The minimum absolute atomic E-state index is 0.130. The zero-order chi connectivity index (χ0) is 20.1. The molecule has 2 rings (SSSR count). The van der Waals surface area contributed by atoms with Crippen LogP contribution in [0, 0.1) is 13.8 Å². The minimum atomic E-state index is -0.986. The summed E-state index contributed by atoms with van der Waals surface area (Å²) < 4.78 is 15.4. The molecule has 7 heteroatoms. The van der Waals surface area contributed by atoms with Crippen LogP contribution in [0.25, 0.3) is 0 Å². The Labute approximate surface area is 157 Å². The first-order chi connectivity index (χ1) is 12.8. The van der Waals surface area contributed by atoms with Gasteiger partial charge >= 0.3 is 11.9 Å². The minimum Gasteiger partial charge on any atom is -0.497 e. The summed E-state index contributed by atoms with van der Waals surface area (Å²) in [5.74, 6) is -0.927.